The zero-order chi connectivity index (χ0) is 43.8. The molecule has 0 aliphatic carbocycles. The molecule has 0 saturated heterocycles. The van der Waals surface area contributed by atoms with E-state index in [2.05, 4.69) is 68.0 Å². The fraction of sp³-hybridized carbons (Fsp3) is 0.347. The number of pyridine rings is 1. The molecule has 1 amide bonds. The van der Waals surface area contributed by atoms with Crippen LogP contribution in [0.25, 0.3) is 0 Å². The summed E-state index contributed by atoms with van der Waals surface area (Å²) in [6, 6.07) is 27.6. The van der Waals surface area contributed by atoms with Crippen molar-refractivity contribution >= 4 is 63.2 Å². The van der Waals surface area contributed by atoms with E-state index >= 15 is 0 Å². The number of aliphatic imine (C=N–C) groups is 2. The van der Waals surface area contributed by atoms with E-state index in [4.69, 9.17) is 33.7 Å². The average Bonchev–Trinajstić information content (AvgIpc) is 3.86. The van der Waals surface area contributed by atoms with E-state index in [1.807, 2.05) is 72.5 Å². The van der Waals surface area contributed by atoms with Gasteiger partial charge in [0, 0.05) is 60.2 Å². The Bertz CT molecular complexity index is 2440. The summed E-state index contributed by atoms with van der Waals surface area (Å²) in [7, 11) is 8.93. The smallest absolute Gasteiger partial charge is 0.260 e. The number of aromatic nitrogens is 1. The lowest BCUT2D eigenvalue weighted by atomic mass is 10.1. The first-order valence-electron chi connectivity index (χ1n) is 20.7. The van der Waals surface area contributed by atoms with Crippen LogP contribution in [-0.2, 0) is 26.1 Å². The van der Waals surface area contributed by atoms with Crippen molar-refractivity contribution in [1.29, 1.82) is 0 Å². The maximum Gasteiger partial charge on any atom is 0.260 e. The van der Waals surface area contributed by atoms with Gasteiger partial charge < -0.3 is 33.5 Å². The molecule has 3 heterocycles. The molecule has 324 valence electrons. The molecule has 0 N–H and O–H groups in total. The molecular weight excluding hydrogens is 819 g/mol. The molecule has 0 saturated carbocycles. The van der Waals surface area contributed by atoms with E-state index in [0.29, 0.717) is 64.5 Å². The van der Waals surface area contributed by atoms with Crippen molar-refractivity contribution in [3.8, 4) is 28.7 Å². The molecule has 0 radical (unpaired) electrons. The highest BCUT2D eigenvalue weighted by Crippen LogP contribution is 2.40. The molecule has 2 aliphatic heterocycles. The molecule has 4 aromatic carbocycles. The van der Waals surface area contributed by atoms with Crippen LogP contribution in [0.15, 0.2) is 94.9 Å². The van der Waals surface area contributed by atoms with Crippen LogP contribution in [0.5, 0.6) is 28.7 Å². The Morgan fingerprint density at radius 2 is 1.52 bits per heavy atom. The van der Waals surface area contributed by atoms with Gasteiger partial charge in [-0.05, 0) is 100 Å². The number of carbonyl (C=O) groups is 1. The van der Waals surface area contributed by atoms with E-state index in [0.717, 1.165) is 48.2 Å². The van der Waals surface area contributed by atoms with Crippen molar-refractivity contribution in [2.75, 3.05) is 50.5 Å². The minimum absolute atomic E-state index is 0.0769. The normalized spacial score (nSPS) is 14.5. The second-order valence-electron chi connectivity index (χ2n) is 15.9. The highest BCUT2D eigenvalue weighted by Gasteiger charge is 2.29. The number of likely N-dealkylation sites (N-methyl/N-ethyl adjacent to an activating group) is 1. The largest absolute Gasteiger partial charge is 0.493 e. The van der Waals surface area contributed by atoms with Gasteiger partial charge in [0.2, 0.25) is 0 Å². The Morgan fingerprint density at radius 3 is 2.18 bits per heavy atom. The Hall–Kier alpha value is -5.66. The van der Waals surface area contributed by atoms with Crippen molar-refractivity contribution in [1.82, 2.24) is 4.98 Å². The first-order valence-corrected chi connectivity index (χ1v) is 23.3. The van der Waals surface area contributed by atoms with Crippen LogP contribution in [0.2, 0.25) is 0 Å². The van der Waals surface area contributed by atoms with E-state index in [9.17, 15) is 4.79 Å². The summed E-state index contributed by atoms with van der Waals surface area (Å²) in [5, 5.41) is 0. The average molecular weight is 874 g/mol. The van der Waals surface area contributed by atoms with Gasteiger partial charge in [-0.3, -0.25) is 19.8 Å². The molecule has 7 rings (SSSR count). The molecule has 0 bridgehead atoms. The van der Waals surface area contributed by atoms with E-state index in [1.54, 1.807) is 42.0 Å². The lowest BCUT2D eigenvalue weighted by molar-refractivity contribution is 0.0989. The molecule has 13 heteroatoms. The van der Waals surface area contributed by atoms with Crippen molar-refractivity contribution in [3.63, 3.8) is 0 Å². The monoisotopic (exact) mass is 873 g/mol. The third kappa shape index (κ3) is 10.3. The summed E-state index contributed by atoms with van der Waals surface area (Å²) in [4.78, 5) is 32.0. The third-order valence-electron chi connectivity index (χ3n) is 11.1. The number of nitrogens with zero attached hydrogens (tertiary/aromatic N) is 5. The molecular formula is C49H55N5O6S2. The van der Waals surface area contributed by atoms with Gasteiger partial charge in [0.05, 0.1) is 55.2 Å². The number of para-hydroxylation sites is 2. The van der Waals surface area contributed by atoms with Gasteiger partial charge in [0.15, 0.2) is 23.0 Å². The molecule has 1 aromatic heterocycles. The summed E-state index contributed by atoms with van der Waals surface area (Å²) in [6.07, 6.45) is 7.69. The van der Waals surface area contributed by atoms with Gasteiger partial charge in [-0.2, -0.15) is 0 Å². The van der Waals surface area contributed by atoms with Gasteiger partial charge >= 0.3 is 0 Å². The minimum Gasteiger partial charge on any atom is -0.493 e. The first kappa shape index (κ1) is 44.4. The number of fused-ring (bicyclic) bond motifs is 2. The Labute approximate surface area is 373 Å². The minimum atomic E-state index is -0.176. The van der Waals surface area contributed by atoms with Crippen LogP contribution < -0.4 is 33.5 Å². The quantitative estimate of drug-likeness (QED) is 0.0452. The molecule has 62 heavy (non-hydrogen) atoms. The topological polar surface area (TPSA) is 107 Å². The number of ether oxygens (including phenoxy) is 5. The summed E-state index contributed by atoms with van der Waals surface area (Å²) < 4.78 is 30.8. The van der Waals surface area contributed by atoms with Crippen molar-refractivity contribution < 1.29 is 28.5 Å². The van der Waals surface area contributed by atoms with Gasteiger partial charge in [-0.1, -0.05) is 58.0 Å². The molecule has 0 fully saturated rings. The van der Waals surface area contributed by atoms with Crippen molar-refractivity contribution in [2.24, 2.45) is 9.98 Å². The van der Waals surface area contributed by atoms with Gasteiger partial charge in [-0.15, -0.1) is 0 Å². The Balaban J connectivity index is 1.10. The molecule has 5 aromatic rings. The summed E-state index contributed by atoms with van der Waals surface area (Å²) >= 11 is 0. The number of amides is 1. The van der Waals surface area contributed by atoms with Gasteiger partial charge in [0.1, 0.15) is 19.0 Å². The van der Waals surface area contributed by atoms with Gasteiger partial charge in [0.25, 0.3) is 5.91 Å². The van der Waals surface area contributed by atoms with Crippen LogP contribution in [0.4, 0.5) is 22.7 Å². The lowest BCUT2D eigenvalue weighted by Gasteiger charge is -2.22. The number of aryl methyl sites for hydroxylation is 1. The number of anilines is 2. The summed E-state index contributed by atoms with van der Waals surface area (Å²) in [5.74, 6) is 2.42. The van der Waals surface area contributed by atoms with Crippen molar-refractivity contribution in [3.05, 3.63) is 119 Å². The van der Waals surface area contributed by atoms with Crippen LogP contribution in [0, 0.1) is 6.92 Å². The second-order valence-corrected chi connectivity index (χ2v) is 19.0. The number of methoxy groups -OCH3 is 2. The third-order valence-corrected chi connectivity index (χ3v) is 13.8. The second kappa shape index (κ2) is 20.0. The molecule has 1 atom stereocenters. The maximum absolute atomic E-state index is 13.9. The molecule has 2 aliphatic rings. The predicted molar refractivity (Wildman–Crippen MR) is 255 cm³/mol. The number of hydrogen-bond acceptors (Lipinski definition) is 12. The van der Waals surface area contributed by atoms with Gasteiger partial charge in [-0.25, -0.2) is 0 Å². The fourth-order valence-electron chi connectivity index (χ4n) is 7.88. The number of rotatable bonds is 19. The van der Waals surface area contributed by atoms with Crippen LogP contribution in [0.3, 0.4) is 0 Å². The van der Waals surface area contributed by atoms with E-state index < -0.39 is 0 Å². The molecule has 11 nitrogen and oxygen atoms in total. The highest BCUT2D eigenvalue weighted by molar-refractivity contribution is 8.76. The van der Waals surface area contributed by atoms with E-state index in [1.165, 1.54) is 11.3 Å². The highest BCUT2D eigenvalue weighted by atomic mass is 33.1. The summed E-state index contributed by atoms with van der Waals surface area (Å²) in [6.45, 7) is 11.6. The Morgan fingerprint density at radius 1 is 0.871 bits per heavy atom. The standard InChI is InChI=1S/C49H55N5O6S2/c1-32-22-44(56-6)46(27-40(32)51-29-37-23-34-15-10-11-16-42(34)53(37)5)59-30-35-24-38(58-21-13-19-49(2,3)62-61-8)25-36(52-35)31-60-47-28-41(50-4)39(26-45(47)57-7)48(55)54-20-18-33-14-9-12-17-43(33)54/h9-12,14-17,22,24-29,37H,4,13,18-21,23,30-31H2,1-3,5-8H3. The lowest BCUT2D eigenvalue weighted by Crippen LogP contribution is -2.29. The fourth-order valence-corrected chi connectivity index (χ4v) is 10.2. The van der Waals surface area contributed by atoms with Crippen LogP contribution in [-0.4, -0.2) is 75.3 Å². The number of carbonyl (C=O) groups excluding carboxylic acids is 1. The van der Waals surface area contributed by atoms with Crippen LogP contribution >= 0.6 is 21.6 Å². The maximum atomic E-state index is 13.9. The SMILES string of the molecule is C=Nc1cc(OCc2cc(OCCCC(C)(C)SSC)cc(COc3cc(N=CC4Cc5ccccc5N4C)c(C)cc3OC)n2)c(OC)cc1C(=O)N1CCc2ccccc21. The Kier molecular flexibility index (Phi) is 14.3. The number of hydrogen-bond donors (Lipinski definition) is 0. The zero-order valence-electron chi connectivity index (χ0n) is 36.6. The van der Waals surface area contributed by atoms with Crippen molar-refractivity contribution in [2.45, 2.75) is 70.5 Å². The first-order chi connectivity index (χ1) is 30.0. The van der Waals surface area contributed by atoms with Crippen LogP contribution in [0.1, 0.15) is 65.1 Å². The predicted octanol–water partition coefficient (Wildman–Crippen LogP) is 10.8. The summed E-state index contributed by atoms with van der Waals surface area (Å²) in [5.41, 5.74) is 8.38. The van der Waals surface area contributed by atoms with E-state index in [-0.39, 0.29) is 29.9 Å². The zero-order valence-corrected chi connectivity index (χ0v) is 38.2. The molecule has 1 unspecified atom stereocenters. The number of benzene rings is 4. The molecule has 0 spiro atoms.